The van der Waals surface area contributed by atoms with Gasteiger partial charge in [0.05, 0.1) is 25.9 Å². The minimum absolute atomic E-state index is 0.211. The summed E-state index contributed by atoms with van der Waals surface area (Å²) in [6, 6.07) is 0. The maximum Gasteiger partial charge on any atom is 0.114 e. The van der Waals surface area contributed by atoms with Gasteiger partial charge in [-0.25, -0.2) is 0 Å². The van der Waals surface area contributed by atoms with E-state index >= 15 is 0 Å². The van der Waals surface area contributed by atoms with Gasteiger partial charge in [0.15, 0.2) is 0 Å². The lowest BCUT2D eigenvalue weighted by Crippen LogP contribution is -2.67. The van der Waals surface area contributed by atoms with E-state index in [2.05, 4.69) is 61.3 Å². The highest BCUT2D eigenvalue weighted by molar-refractivity contribution is 5.22. The van der Waals surface area contributed by atoms with Gasteiger partial charge in [0, 0.05) is 5.41 Å². The number of hydrogen-bond donors (Lipinski definition) is 0. The molecule has 0 aromatic rings. The summed E-state index contributed by atoms with van der Waals surface area (Å²) < 4.78 is 18.5. The Hall–Kier alpha value is -1.06. The molecule has 0 radical (unpaired) electrons. The van der Waals surface area contributed by atoms with E-state index in [0.29, 0.717) is 40.3 Å². The van der Waals surface area contributed by atoms with Gasteiger partial charge in [0.2, 0.25) is 0 Å². The number of epoxide rings is 1. The molecule has 0 aromatic heterocycles. The Kier molecular flexibility index (Phi) is 7.30. The summed E-state index contributed by atoms with van der Waals surface area (Å²) >= 11 is 0. The van der Waals surface area contributed by atoms with Crippen molar-refractivity contribution in [3.8, 4) is 0 Å². The van der Waals surface area contributed by atoms with Crippen molar-refractivity contribution in [2.24, 2.45) is 56.7 Å². The van der Waals surface area contributed by atoms with Crippen LogP contribution in [0.15, 0.2) is 36.6 Å². The van der Waals surface area contributed by atoms with Crippen LogP contribution in [-0.4, -0.2) is 32.0 Å². The van der Waals surface area contributed by atoms with Crippen LogP contribution in [-0.2, 0) is 14.2 Å². The van der Waals surface area contributed by atoms with Crippen LogP contribution in [0.2, 0.25) is 0 Å². The van der Waals surface area contributed by atoms with Crippen molar-refractivity contribution >= 4 is 0 Å². The Labute approximate surface area is 251 Å². The van der Waals surface area contributed by atoms with Crippen molar-refractivity contribution in [3.05, 3.63) is 36.6 Å². The van der Waals surface area contributed by atoms with Gasteiger partial charge in [-0.2, -0.15) is 0 Å². The van der Waals surface area contributed by atoms with Gasteiger partial charge >= 0.3 is 0 Å². The molecule has 41 heavy (non-hydrogen) atoms. The molecule has 230 valence electrons. The first kappa shape index (κ1) is 30.0. The number of fused-ring (bicyclic) bond motifs is 7. The highest BCUT2D eigenvalue weighted by Crippen LogP contribution is 2.77. The predicted molar refractivity (Wildman–Crippen MR) is 168 cm³/mol. The van der Waals surface area contributed by atoms with Crippen molar-refractivity contribution < 1.29 is 14.2 Å². The number of allylic oxidation sites excluding steroid dienone is 2. The minimum Gasteiger partial charge on any atom is -0.493 e. The molecule has 11 atom stereocenters. The van der Waals surface area contributed by atoms with Crippen LogP contribution in [0.25, 0.3) is 0 Å². The van der Waals surface area contributed by atoms with E-state index in [-0.39, 0.29) is 10.8 Å². The van der Waals surface area contributed by atoms with Gasteiger partial charge in [0.1, 0.15) is 11.9 Å². The summed E-state index contributed by atoms with van der Waals surface area (Å²) in [5.41, 5.74) is 3.95. The average Bonchev–Trinajstić information content (AvgIpc) is 3.65. The quantitative estimate of drug-likeness (QED) is 0.127. The SMILES string of the molecule is C=C(C)C(=C)OC[C@]12CC[C@@H](C(=C)C)[C@@H]1[C@H]1CC[C@@H]3[C@@]4(C)CC[C@H](OCC5CO5)C(C)(C)[C@@H]4CC[C@@]3(C)[C@]1(C)CC2. The van der Waals surface area contributed by atoms with E-state index in [4.69, 9.17) is 14.2 Å². The third-order valence-corrected chi connectivity index (χ3v) is 15.1. The largest absolute Gasteiger partial charge is 0.493 e. The van der Waals surface area contributed by atoms with Crippen molar-refractivity contribution in [2.45, 2.75) is 125 Å². The third-order valence-electron chi connectivity index (χ3n) is 15.1. The summed E-state index contributed by atoms with van der Waals surface area (Å²) in [6.07, 6.45) is 13.9. The number of rotatable bonds is 8. The normalized spacial score (nSPS) is 49.6. The van der Waals surface area contributed by atoms with Crippen LogP contribution < -0.4 is 0 Å². The maximum absolute atomic E-state index is 6.57. The van der Waals surface area contributed by atoms with Crippen LogP contribution >= 0.6 is 0 Å². The van der Waals surface area contributed by atoms with Crippen molar-refractivity contribution in [1.29, 1.82) is 0 Å². The maximum atomic E-state index is 6.57. The molecule has 6 aliphatic rings. The molecular formula is C38H60O3. The van der Waals surface area contributed by atoms with Crippen LogP contribution in [0.5, 0.6) is 0 Å². The summed E-state index contributed by atoms with van der Waals surface area (Å²) in [4.78, 5) is 0. The lowest BCUT2D eigenvalue weighted by molar-refractivity contribution is -0.253. The number of hydrogen-bond acceptors (Lipinski definition) is 3. The monoisotopic (exact) mass is 564 g/mol. The Morgan fingerprint density at radius 3 is 2.20 bits per heavy atom. The Morgan fingerprint density at radius 1 is 0.805 bits per heavy atom. The topological polar surface area (TPSA) is 31.0 Å². The highest BCUT2D eigenvalue weighted by atomic mass is 16.6. The van der Waals surface area contributed by atoms with Gasteiger partial charge in [-0.3, -0.25) is 0 Å². The standard InChI is InChI=1S/C38H60O3/c1-24(2)26(5)41-23-38-18-13-28(25(3)4)33(38)29-11-12-31-35(8)16-15-32(40-22-27-21-39-27)34(6,7)30(35)14-17-37(31,10)36(29,9)19-20-38/h27-33H,1,3,5,11-23H2,2,4,6-10H3/t27?,28-,29+,30-,31+,32-,33+,35-,36+,37+,38+/m0/s1. The van der Waals surface area contributed by atoms with Crippen molar-refractivity contribution in [1.82, 2.24) is 0 Å². The smallest absolute Gasteiger partial charge is 0.114 e. The first-order valence-electron chi connectivity index (χ1n) is 17.1. The first-order chi connectivity index (χ1) is 19.2. The molecule has 0 amide bonds. The molecule has 0 spiro atoms. The Morgan fingerprint density at radius 2 is 1.54 bits per heavy atom. The molecule has 0 aromatic carbocycles. The van der Waals surface area contributed by atoms with Crippen LogP contribution in [0.3, 0.4) is 0 Å². The molecule has 6 fully saturated rings. The molecule has 1 heterocycles. The molecule has 5 aliphatic carbocycles. The molecule has 1 saturated heterocycles. The van der Waals surface area contributed by atoms with Crippen LogP contribution in [0.1, 0.15) is 113 Å². The number of ether oxygens (including phenoxy) is 3. The lowest BCUT2D eigenvalue weighted by atomic mass is 9.32. The lowest BCUT2D eigenvalue weighted by Gasteiger charge is -2.73. The van der Waals surface area contributed by atoms with Crippen LogP contribution in [0, 0.1) is 56.7 Å². The molecule has 1 aliphatic heterocycles. The molecule has 6 rings (SSSR count). The fourth-order valence-corrected chi connectivity index (χ4v) is 12.6. The summed E-state index contributed by atoms with van der Waals surface area (Å²) in [5, 5.41) is 0. The summed E-state index contributed by atoms with van der Waals surface area (Å²) in [5.74, 6) is 4.33. The summed E-state index contributed by atoms with van der Waals surface area (Å²) in [6.45, 7) is 32.9. The second-order valence-corrected chi connectivity index (χ2v) is 17.2. The first-order valence-corrected chi connectivity index (χ1v) is 17.1. The predicted octanol–water partition coefficient (Wildman–Crippen LogP) is 9.53. The average molecular weight is 565 g/mol. The Balaban J connectivity index is 1.29. The van der Waals surface area contributed by atoms with Crippen LogP contribution in [0.4, 0.5) is 0 Å². The van der Waals surface area contributed by atoms with Gasteiger partial charge in [-0.15, -0.1) is 0 Å². The molecular weight excluding hydrogens is 504 g/mol. The van der Waals surface area contributed by atoms with Gasteiger partial charge in [0.25, 0.3) is 0 Å². The van der Waals surface area contributed by atoms with Crippen molar-refractivity contribution in [2.75, 3.05) is 19.8 Å². The summed E-state index contributed by atoms with van der Waals surface area (Å²) in [7, 11) is 0. The zero-order chi connectivity index (χ0) is 29.6. The van der Waals surface area contributed by atoms with Gasteiger partial charge in [-0.05, 0) is 135 Å². The van der Waals surface area contributed by atoms with E-state index in [9.17, 15) is 0 Å². The Bertz CT molecular complexity index is 1090. The van der Waals surface area contributed by atoms with Gasteiger partial charge in [-0.1, -0.05) is 59.9 Å². The fraction of sp³-hybridized carbons (Fsp3) is 0.842. The third kappa shape index (κ3) is 4.40. The van der Waals surface area contributed by atoms with E-state index in [1.165, 1.54) is 69.8 Å². The zero-order valence-electron chi connectivity index (χ0n) is 27.6. The molecule has 1 unspecified atom stereocenters. The van der Waals surface area contributed by atoms with E-state index in [0.717, 1.165) is 48.9 Å². The van der Waals surface area contributed by atoms with Crippen molar-refractivity contribution in [3.63, 3.8) is 0 Å². The molecule has 0 N–H and O–H groups in total. The zero-order valence-corrected chi connectivity index (χ0v) is 27.6. The molecule has 3 nitrogen and oxygen atoms in total. The highest BCUT2D eigenvalue weighted by Gasteiger charge is 2.71. The van der Waals surface area contributed by atoms with Gasteiger partial charge < -0.3 is 14.2 Å². The second-order valence-electron chi connectivity index (χ2n) is 17.2. The second kappa shape index (κ2) is 9.98. The fourth-order valence-electron chi connectivity index (χ4n) is 12.6. The van der Waals surface area contributed by atoms with E-state index in [1.807, 2.05) is 6.92 Å². The molecule has 5 saturated carbocycles. The molecule has 0 bridgehead atoms. The molecule has 3 heteroatoms. The minimum atomic E-state index is 0.211. The van der Waals surface area contributed by atoms with E-state index < -0.39 is 0 Å². The van der Waals surface area contributed by atoms with E-state index in [1.54, 1.807) is 0 Å².